The molecular weight excluding hydrogens is 719 g/mol. The van der Waals surface area contributed by atoms with Gasteiger partial charge in [-0.15, -0.1) is 0 Å². The number of rotatable bonds is 0. The zero-order valence-corrected chi connectivity index (χ0v) is 22.3. The van der Waals surface area contributed by atoms with E-state index in [1.165, 1.54) is 14.4 Å². The molecule has 0 fully saturated rings. The van der Waals surface area contributed by atoms with Gasteiger partial charge in [-0.1, -0.05) is 0 Å². The van der Waals surface area contributed by atoms with Crippen LogP contribution < -0.4 is 0 Å². The van der Waals surface area contributed by atoms with Crippen molar-refractivity contribution in [3.63, 3.8) is 0 Å². The van der Waals surface area contributed by atoms with Gasteiger partial charge in [-0.25, -0.2) is 0 Å². The Labute approximate surface area is 170 Å². The van der Waals surface area contributed by atoms with Crippen molar-refractivity contribution in [2.24, 2.45) is 0 Å². The molecule has 0 rings (SSSR count). The van der Waals surface area contributed by atoms with Crippen molar-refractivity contribution in [3.05, 3.63) is 0 Å². The van der Waals surface area contributed by atoms with Crippen LogP contribution in [0.25, 0.3) is 0 Å². The molecule has 0 amide bonds. The third-order valence-electron chi connectivity index (χ3n) is 0. The van der Waals surface area contributed by atoms with Crippen LogP contribution in [0.2, 0.25) is 0 Å². The molecule has 0 saturated carbocycles. The Balaban J connectivity index is -0.000000000500. The summed E-state index contributed by atoms with van der Waals surface area (Å²) in [7, 11) is 0. The van der Waals surface area contributed by atoms with E-state index in [1.807, 2.05) is 0 Å². The third kappa shape index (κ3) is 33.4. The molecule has 7 heteroatoms. The predicted octanol–water partition coefficient (Wildman–Crippen LogP) is -4.32. The van der Waals surface area contributed by atoms with E-state index in [1.54, 1.807) is 0 Å². The Hall–Kier alpha value is 5.97. The first-order valence-corrected chi connectivity index (χ1v) is 6.97. The fraction of sp³-hybridized carbons (Fsp3) is 0. The Bertz CT molecular complexity index is 19.7. The number of hydrogen-bond donors (Lipinski definition) is 0. The summed E-state index contributed by atoms with van der Waals surface area (Å²) in [6, 6.07) is 0. The summed E-state index contributed by atoms with van der Waals surface area (Å²) in [6.07, 6.45) is 0. The third-order valence-corrected chi connectivity index (χ3v) is 0. The molecule has 0 saturated heterocycles. The van der Waals surface area contributed by atoms with Gasteiger partial charge >= 0.3 is 118 Å². The van der Waals surface area contributed by atoms with Gasteiger partial charge in [-0.3, -0.25) is 0 Å². The van der Waals surface area contributed by atoms with Gasteiger partial charge < -0.3 is 0 Å². The van der Waals surface area contributed by atoms with Gasteiger partial charge in [0.2, 0.25) is 0 Å². The van der Waals surface area contributed by atoms with Crippen molar-refractivity contribution < 1.29 is 58.0 Å². The maximum absolute atomic E-state index is 2.45. The van der Waals surface area contributed by atoms with Crippen molar-refractivity contribution in [3.8, 4) is 0 Å². The summed E-state index contributed by atoms with van der Waals surface area (Å²) in [4.78, 5) is 0. The minimum absolute atomic E-state index is 0. The van der Waals surface area contributed by atoms with Crippen molar-refractivity contribution in [2.45, 2.75) is 0 Å². The van der Waals surface area contributed by atoms with E-state index in [2.05, 4.69) is 14.1 Å². The van der Waals surface area contributed by atoms with Crippen LogP contribution in [0.4, 0.5) is 0 Å². The average Bonchev–Trinajstić information content (AvgIpc) is 1.00. The fourth-order valence-electron chi connectivity index (χ4n) is 0. The summed E-state index contributed by atoms with van der Waals surface area (Å²) in [5.74, 6) is 0. The van der Waals surface area contributed by atoms with Gasteiger partial charge in [0.05, 0.1) is 0 Å². The Kier molecular flexibility index (Phi) is 221. The minimum atomic E-state index is 0. The van der Waals surface area contributed by atoms with E-state index >= 15 is 0 Å². The Morgan fingerprint density at radius 3 is 1.14 bits per heavy atom. The second kappa shape index (κ2) is 40.4. The molecule has 0 aromatic rings. The normalized spacial score (nSPS) is 0.714. The standard InChI is InChI=1S/Ag.Al.Ca.La.Pb.H2Se.Sn.8H/h;;;;;1H2;;;;;;;;;/q;+1;;;;;;;;;;;;;/p-1. The molecule has 0 aromatic carbocycles. The summed E-state index contributed by atoms with van der Waals surface area (Å²) in [5, 5.41) is 0. The van der Waals surface area contributed by atoms with Gasteiger partial charge in [0, 0.05) is 58.0 Å². The zero-order chi connectivity index (χ0) is 2.00. The van der Waals surface area contributed by atoms with E-state index in [9.17, 15) is 0 Å². The molecule has 0 nitrogen and oxygen atoms in total. The van der Waals surface area contributed by atoms with Crippen molar-refractivity contribution in [1.29, 1.82) is 0 Å². The molecule has 0 aliphatic rings. The molecule has 0 aliphatic carbocycles. The van der Waals surface area contributed by atoms with E-state index in [4.69, 9.17) is 0 Å². The SMILES string of the molecule is [Ag].[AlH2][SeH].[CaH2].[La].[PbH2].[SnH2]. The monoisotopic (exact) mass is 730 g/mol. The summed E-state index contributed by atoms with van der Waals surface area (Å²) >= 11 is 3.69. The Morgan fingerprint density at radius 2 is 1.14 bits per heavy atom. The topological polar surface area (TPSA) is 0 Å². The van der Waals surface area contributed by atoms with Crippen LogP contribution in [0.5, 0.6) is 0 Å². The maximum atomic E-state index is 2.45. The van der Waals surface area contributed by atoms with E-state index in [0.29, 0.717) is 0 Å². The molecule has 0 heterocycles. The number of hydrogen-bond acceptors (Lipinski definition) is 0. The quantitative estimate of drug-likeness (QED) is 0.222. The van der Waals surface area contributed by atoms with Crippen LogP contribution in [0, 0.1) is 35.6 Å². The van der Waals surface area contributed by atoms with Crippen LogP contribution in [-0.4, -0.2) is 118 Å². The van der Waals surface area contributed by atoms with Crippen LogP contribution in [0.1, 0.15) is 0 Å². The first kappa shape index (κ1) is 38.3. The fourth-order valence-corrected chi connectivity index (χ4v) is 0. The van der Waals surface area contributed by atoms with Gasteiger partial charge in [0.15, 0.2) is 0 Å². The summed E-state index contributed by atoms with van der Waals surface area (Å²) in [5.41, 5.74) is 0. The van der Waals surface area contributed by atoms with Crippen LogP contribution in [-0.2, 0) is 22.4 Å². The molecule has 0 bridgehead atoms. The molecule has 0 spiro atoms. The molecule has 6 radical (unpaired) electrons. The van der Waals surface area contributed by atoms with Gasteiger partial charge in [-0.2, -0.15) is 0 Å². The summed E-state index contributed by atoms with van der Waals surface area (Å²) in [6.45, 7) is 0. The second-order valence-corrected chi connectivity index (χ2v) is 0. The molecular formula is H9AgAlCaLaPbSeSn. The first-order chi connectivity index (χ1) is 1.00. The van der Waals surface area contributed by atoms with Crippen molar-refractivity contribution >= 4 is 118 Å². The molecule has 0 aliphatic heterocycles. The zero-order valence-electron chi connectivity index (χ0n) is 3.74. The first-order valence-electron chi connectivity index (χ1n) is 0.447. The van der Waals surface area contributed by atoms with Crippen LogP contribution >= 0.6 is 0 Å². The van der Waals surface area contributed by atoms with Crippen molar-refractivity contribution in [2.75, 3.05) is 0 Å². The van der Waals surface area contributed by atoms with Crippen molar-refractivity contribution in [1.82, 2.24) is 0 Å². The van der Waals surface area contributed by atoms with Crippen LogP contribution in [0.3, 0.4) is 0 Å². The van der Waals surface area contributed by atoms with Crippen LogP contribution in [0.15, 0.2) is 0 Å². The molecule has 0 N–H and O–H groups in total. The molecule has 42 valence electrons. The van der Waals surface area contributed by atoms with E-state index in [0.717, 1.165) is 0 Å². The van der Waals surface area contributed by atoms with Gasteiger partial charge in [0.25, 0.3) is 0 Å². The van der Waals surface area contributed by atoms with E-state index in [-0.39, 0.29) is 147 Å². The predicted molar refractivity (Wildman–Crippen MR) is 41.3 cm³/mol. The van der Waals surface area contributed by atoms with Gasteiger partial charge in [0.1, 0.15) is 0 Å². The molecule has 0 aromatic heterocycles. The molecule has 0 unspecified atom stereocenters. The van der Waals surface area contributed by atoms with E-state index < -0.39 is 0 Å². The molecule has 7 heavy (non-hydrogen) atoms. The Morgan fingerprint density at radius 1 is 1.14 bits per heavy atom. The molecule has 0 atom stereocenters. The summed E-state index contributed by atoms with van der Waals surface area (Å²) < 4.78 is 0. The average molecular weight is 728 g/mol. The second-order valence-electron chi connectivity index (χ2n) is 0. The van der Waals surface area contributed by atoms with Gasteiger partial charge in [-0.05, 0) is 0 Å².